The molecule has 3 heteroatoms. The predicted octanol–water partition coefficient (Wildman–Crippen LogP) is 3.78. The zero-order valence-corrected chi connectivity index (χ0v) is 11.6. The van der Waals surface area contributed by atoms with Crippen molar-refractivity contribution in [3.63, 3.8) is 0 Å². The number of benzene rings is 1. The molecule has 0 saturated carbocycles. The number of hydrogen-bond acceptors (Lipinski definition) is 2. The van der Waals surface area contributed by atoms with Gasteiger partial charge in [-0.25, -0.2) is 0 Å². The number of rotatable bonds is 6. The Kier molecular flexibility index (Phi) is 5.85. The smallest absolute Gasteiger partial charge is 0.115 e. The molecule has 1 aromatic carbocycles. The van der Waals surface area contributed by atoms with Gasteiger partial charge in [0.05, 0.1) is 0 Å². The average molecular weight is 286 g/mol. The van der Waals surface area contributed by atoms with Crippen LogP contribution >= 0.6 is 15.9 Å². The van der Waals surface area contributed by atoms with E-state index >= 15 is 0 Å². The van der Waals surface area contributed by atoms with Gasteiger partial charge in [-0.1, -0.05) is 29.8 Å². The molecule has 0 radical (unpaired) electrons. The maximum absolute atomic E-state index is 9.47. The minimum Gasteiger partial charge on any atom is -0.508 e. The van der Waals surface area contributed by atoms with Gasteiger partial charge < -0.3 is 5.11 Å². The van der Waals surface area contributed by atoms with Crippen LogP contribution < -0.4 is 0 Å². The molecule has 0 aliphatic heterocycles. The molecule has 0 unspecified atom stereocenters. The van der Waals surface area contributed by atoms with E-state index in [0.717, 1.165) is 42.5 Å². The summed E-state index contributed by atoms with van der Waals surface area (Å²) in [5, 5.41) is 9.47. The first-order chi connectivity index (χ1) is 7.67. The number of aromatic hydroxyl groups is 1. The fourth-order valence-corrected chi connectivity index (χ4v) is 2.20. The van der Waals surface area contributed by atoms with Crippen molar-refractivity contribution in [2.24, 2.45) is 0 Å². The van der Waals surface area contributed by atoms with Gasteiger partial charge in [-0.3, -0.25) is 4.90 Å². The number of nitrogens with zero attached hydrogens (tertiary/aromatic N) is 1. The van der Waals surface area contributed by atoms with Gasteiger partial charge in [0, 0.05) is 11.0 Å². The fraction of sp³-hybridized carbons (Fsp3) is 0.538. The van der Waals surface area contributed by atoms with Gasteiger partial charge in [0.25, 0.3) is 0 Å². The standard InChI is InChI=1S/C13H20BrNO/c1-3-7-15(8-4-2)10-11-9-12(16)5-6-13(11)14/h5-6,9,16H,3-4,7-8,10H2,1-2H3. The van der Waals surface area contributed by atoms with E-state index in [2.05, 4.69) is 34.7 Å². The molecule has 0 amide bonds. The highest BCUT2D eigenvalue weighted by atomic mass is 79.9. The molecule has 90 valence electrons. The van der Waals surface area contributed by atoms with E-state index in [4.69, 9.17) is 0 Å². The van der Waals surface area contributed by atoms with Crippen molar-refractivity contribution in [2.45, 2.75) is 33.2 Å². The lowest BCUT2D eigenvalue weighted by Gasteiger charge is -2.21. The second kappa shape index (κ2) is 6.92. The number of phenolic OH excluding ortho intramolecular Hbond substituents is 1. The van der Waals surface area contributed by atoms with Gasteiger partial charge in [-0.05, 0) is 49.7 Å². The van der Waals surface area contributed by atoms with Gasteiger partial charge in [-0.15, -0.1) is 0 Å². The normalized spacial score (nSPS) is 11.0. The van der Waals surface area contributed by atoms with E-state index in [1.165, 1.54) is 0 Å². The van der Waals surface area contributed by atoms with Crippen LogP contribution in [0.25, 0.3) is 0 Å². The Hall–Kier alpha value is -0.540. The van der Waals surface area contributed by atoms with Crippen molar-refractivity contribution >= 4 is 15.9 Å². The van der Waals surface area contributed by atoms with E-state index in [1.807, 2.05) is 12.1 Å². The van der Waals surface area contributed by atoms with Crippen LogP contribution in [-0.2, 0) is 6.54 Å². The lowest BCUT2D eigenvalue weighted by atomic mass is 10.2. The van der Waals surface area contributed by atoms with Crippen molar-refractivity contribution in [1.82, 2.24) is 4.90 Å². The number of hydrogen-bond donors (Lipinski definition) is 1. The topological polar surface area (TPSA) is 23.5 Å². The third-order valence-corrected chi connectivity index (χ3v) is 3.28. The molecule has 0 aliphatic rings. The van der Waals surface area contributed by atoms with E-state index in [1.54, 1.807) is 6.07 Å². The third kappa shape index (κ3) is 4.14. The molecule has 0 heterocycles. The summed E-state index contributed by atoms with van der Waals surface area (Å²) >= 11 is 3.52. The highest BCUT2D eigenvalue weighted by Gasteiger charge is 2.07. The van der Waals surface area contributed by atoms with Crippen LogP contribution in [0, 0.1) is 0 Å². The van der Waals surface area contributed by atoms with Crippen LogP contribution in [0.1, 0.15) is 32.3 Å². The molecular formula is C13H20BrNO. The predicted molar refractivity (Wildman–Crippen MR) is 71.7 cm³/mol. The Labute approximate surface area is 106 Å². The lowest BCUT2D eigenvalue weighted by Crippen LogP contribution is -2.25. The molecule has 0 fully saturated rings. The summed E-state index contributed by atoms with van der Waals surface area (Å²) in [5.74, 6) is 0.339. The molecule has 0 spiro atoms. The summed E-state index contributed by atoms with van der Waals surface area (Å²) in [7, 11) is 0. The second-order valence-corrected chi connectivity index (χ2v) is 4.91. The maximum atomic E-state index is 9.47. The van der Waals surface area contributed by atoms with Crippen molar-refractivity contribution < 1.29 is 5.11 Å². The molecule has 0 saturated heterocycles. The molecule has 0 atom stereocenters. The summed E-state index contributed by atoms with van der Waals surface area (Å²) in [6.45, 7) is 7.50. The highest BCUT2D eigenvalue weighted by Crippen LogP contribution is 2.23. The quantitative estimate of drug-likeness (QED) is 0.860. The lowest BCUT2D eigenvalue weighted by molar-refractivity contribution is 0.265. The van der Waals surface area contributed by atoms with Crippen molar-refractivity contribution in [3.05, 3.63) is 28.2 Å². The van der Waals surface area contributed by atoms with E-state index in [9.17, 15) is 5.11 Å². The Morgan fingerprint density at radius 2 is 1.81 bits per heavy atom. The molecule has 1 rings (SSSR count). The first-order valence-corrected chi connectivity index (χ1v) is 6.66. The van der Waals surface area contributed by atoms with Crippen molar-refractivity contribution in [1.29, 1.82) is 0 Å². The average Bonchev–Trinajstić information content (AvgIpc) is 2.24. The second-order valence-electron chi connectivity index (χ2n) is 4.05. The van der Waals surface area contributed by atoms with E-state index in [-0.39, 0.29) is 0 Å². The van der Waals surface area contributed by atoms with Crippen LogP contribution in [0.2, 0.25) is 0 Å². The molecule has 0 bridgehead atoms. The van der Waals surface area contributed by atoms with Gasteiger partial charge in [0.1, 0.15) is 5.75 Å². The van der Waals surface area contributed by atoms with Crippen LogP contribution in [0.5, 0.6) is 5.75 Å². The molecule has 1 N–H and O–H groups in total. The van der Waals surface area contributed by atoms with Gasteiger partial charge >= 0.3 is 0 Å². The summed E-state index contributed by atoms with van der Waals surface area (Å²) in [5.41, 5.74) is 1.15. The summed E-state index contributed by atoms with van der Waals surface area (Å²) in [6.07, 6.45) is 2.33. The van der Waals surface area contributed by atoms with Crippen LogP contribution in [-0.4, -0.2) is 23.1 Å². The zero-order chi connectivity index (χ0) is 12.0. The monoisotopic (exact) mass is 285 g/mol. The van der Waals surface area contributed by atoms with Crippen molar-refractivity contribution in [3.8, 4) is 5.75 Å². The number of halogens is 1. The van der Waals surface area contributed by atoms with E-state index in [0.29, 0.717) is 5.75 Å². The Morgan fingerprint density at radius 1 is 1.19 bits per heavy atom. The SMILES string of the molecule is CCCN(CCC)Cc1cc(O)ccc1Br. The molecule has 1 aromatic rings. The first-order valence-electron chi connectivity index (χ1n) is 5.87. The highest BCUT2D eigenvalue weighted by molar-refractivity contribution is 9.10. The Bertz CT molecular complexity index is 322. The Morgan fingerprint density at radius 3 is 2.38 bits per heavy atom. The molecule has 0 aromatic heterocycles. The third-order valence-electron chi connectivity index (χ3n) is 2.50. The van der Waals surface area contributed by atoms with E-state index < -0.39 is 0 Å². The van der Waals surface area contributed by atoms with Gasteiger partial charge in [-0.2, -0.15) is 0 Å². The molecule has 16 heavy (non-hydrogen) atoms. The number of phenols is 1. The van der Waals surface area contributed by atoms with Crippen LogP contribution in [0.4, 0.5) is 0 Å². The minimum absolute atomic E-state index is 0.339. The van der Waals surface area contributed by atoms with Crippen LogP contribution in [0.3, 0.4) is 0 Å². The summed E-state index contributed by atoms with van der Waals surface area (Å²) < 4.78 is 1.07. The summed E-state index contributed by atoms with van der Waals surface area (Å²) in [4.78, 5) is 2.42. The molecule has 2 nitrogen and oxygen atoms in total. The first kappa shape index (κ1) is 13.5. The van der Waals surface area contributed by atoms with Crippen LogP contribution in [0.15, 0.2) is 22.7 Å². The zero-order valence-electron chi connectivity index (χ0n) is 10.0. The fourth-order valence-electron chi connectivity index (χ4n) is 1.83. The van der Waals surface area contributed by atoms with Crippen molar-refractivity contribution in [2.75, 3.05) is 13.1 Å². The molecular weight excluding hydrogens is 266 g/mol. The largest absolute Gasteiger partial charge is 0.508 e. The van der Waals surface area contributed by atoms with Gasteiger partial charge in [0.2, 0.25) is 0 Å². The summed E-state index contributed by atoms with van der Waals surface area (Å²) in [6, 6.07) is 5.45. The minimum atomic E-state index is 0.339. The Balaban J connectivity index is 2.71. The van der Waals surface area contributed by atoms with Gasteiger partial charge in [0.15, 0.2) is 0 Å². The molecule has 0 aliphatic carbocycles. The maximum Gasteiger partial charge on any atom is 0.115 e.